The van der Waals surface area contributed by atoms with Crippen molar-refractivity contribution in [2.45, 2.75) is 18.9 Å². The highest BCUT2D eigenvalue weighted by atomic mass is 127. The number of halogens is 1. The summed E-state index contributed by atoms with van der Waals surface area (Å²) >= 11 is 3.91. The lowest BCUT2D eigenvalue weighted by atomic mass is 9.96. The molecule has 2 heterocycles. The van der Waals surface area contributed by atoms with Gasteiger partial charge in [-0.25, -0.2) is 4.98 Å². The second kappa shape index (κ2) is 4.87. The molecule has 1 saturated heterocycles. The zero-order chi connectivity index (χ0) is 9.97. The fourth-order valence-corrected chi connectivity index (χ4v) is 3.31. The van der Waals surface area contributed by atoms with Gasteiger partial charge in [0.05, 0.1) is 9.08 Å². The van der Waals surface area contributed by atoms with Gasteiger partial charge in [0.2, 0.25) is 0 Å². The van der Waals surface area contributed by atoms with Crippen molar-refractivity contribution in [2.75, 3.05) is 13.2 Å². The van der Waals surface area contributed by atoms with Gasteiger partial charge in [0.1, 0.15) is 11.1 Å². The van der Waals surface area contributed by atoms with Crippen LogP contribution in [0.1, 0.15) is 24.0 Å². The first kappa shape index (κ1) is 10.8. The van der Waals surface area contributed by atoms with Crippen molar-refractivity contribution < 1.29 is 9.84 Å². The molecule has 2 rings (SSSR count). The Labute approximate surface area is 101 Å². The Morgan fingerprint density at radius 3 is 3.21 bits per heavy atom. The highest BCUT2D eigenvalue weighted by molar-refractivity contribution is 14.1. The van der Waals surface area contributed by atoms with E-state index in [1.54, 1.807) is 11.3 Å². The van der Waals surface area contributed by atoms with Crippen LogP contribution < -0.4 is 0 Å². The van der Waals surface area contributed by atoms with E-state index in [2.05, 4.69) is 27.6 Å². The number of hydrogen-bond donors (Lipinski definition) is 1. The van der Waals surface area contributed by atoms with Gasteiger partial charge < -0.3 is 9.84 Å². The third kappa shape index (κ3) is 2.26. The van der Waals surface area contributed by atoms with E-state index >= 15 is 0 Å². The van der Waals surface area contributed by atoms with Crippen molar-refractivity contribution in [3.05, 3.63) is 14.1 Å². The minimum absolute atomic E-state index is 0.0160. The summed E-state index contributed by atoms with van der Waals surface area (Å²) in [7, 11) is 0. The lowest BCUT2D eigenvalue weighted by Gasteiger charge is -2.28. The fourth-order valence-electron chi connectivity index (χ4n) is 1.70. The van der Waals surface area contributed by atoms with Crippen LogP contribution in [-0.4, -0.2) is 23.3 Å². The Hall–Kier alpha value is 0.280. The molecule has 1 fully saturated rings. The second-order valence-electron chi connectivity index (χ2n) is 3.38. The molecular formula is C9H12INO2S. The molecule has 1 aromatic heterocycles. The average molecular weight is 325 g/mol. The molecule has 2 atom stereocenters. The van der Waals surface area contributed by atoms with E-state index < -0.39 is 0 Å². The van der Waals surface area contributed by atoms with Gasteiger partial charge in [0.25, 0.3) is 0 Å². The number of rotatable bonds is 2. The average Bonchev–Trinajstić information content (AvgIpc) is 2.65. The van der Waals surface area contributed by atoms with Gasteiger partial charge in [0.15, 0.2) is 0 Å². The monoisotopic (exact) mass is 325 g/mol. The van der Waals surface area contributed by atoms with Crippen molar-refractivity contribution in [1.82, 2.24) is 4.98 Å². The van der Waals surface area contributed by atoms with E-state index in [1.807, 2.05) is 6.20 Å². The molecule has 78 valence electrons. The van der Waals surface area contributed by atoms with Crippen LogP contribution in [-0.2, 0) is 4.74 Å². The maximum absolute atomic E-state index is 9.22. The zero-order valence-electron chi connectivity index (χ0n) is 7.65. The Morgan fingerprint density at radius 1 is 1.71 bits per heavy atom. The molecule has 5 heteroatoms. The Morgan fingerprint density at radius 2 is 2.57 bits per heavy atom. The van der Waals surface area contributed by atoms with Crippen molar-refractivity contribution in [2.24, 2.45) is 5.92 Å². The van der Waals surface area contributed by atoms with Crippen LogP contribution in [0.15, 0.2) is 6.20 Å². The molecule has 1 N–H and O–H groups in total. The first-order valence-electron chi connectivity index (χ1n) is 4.65. The normalized spacial score (nSPS) is 27.9. The van der Waals surface area contributed by atoms with Crippen LogP contribution in [0.3, 0.4) is 0 Å². The van der Waals surface area contributed by atoms with Crippen molar-refractivity contribution in [3.8, 4) is 0 Å². The van der Waals surface area contributed by atoms with Gasteiger partial charge in [-0.3, -0.25) is 0 Å². The summed E-state index contributed by atoms with van der Waals surface area (Å²) in [4.78, 5) is 4.31. The molecule has 2 unspecified atom stereocenters. The number of aliphatic hydroxyl groups excluding tert-OH is 1. The van der Waals surface area contributed by atoms with Crippen LogP contribution in [0.5, 0.6) is 0 Å². The molecule has 0 aromatic carbocycles. The zero-order valence-corrected chi connectivity index (χ0v) is 10.6. The highest BCUT2D eigenvalue weighted by Gasteiger charge is 2.28. The van der Waals surface area contributed by atoms with Crippen LogP contribution in [0, 0.1) is 8.80 Å². The summed E-state index contributed by atoms with van der Waals surface area (Å²) in [5.41, 5.74) is 0. The molecule has 0 saturated carbocycles. The van der Waals surface area contributed by atoms with Crippen molar-refractivity contribution in [1.29, 1.82) is 0 Å². The minimum atomic E-state index is 0.0160. The maximum Gasteiger partial charge on any atom is 0.123 e. The number of hydrogen-bond acceptors (Lipinski definition) is 4. The molecule has 1 aromatic rings. The van der Waals surface area contributed by atoms with E-state index in [-0.39, 0.29) is 18.6 Å². The third-order valence-corrected chi connectivity index (χ3v) is 4.20. The molecule has 0 radical (unpaired) electrons. The first-order valence-corrected chi connectivity index (χ1v) is 6.54. The van der Waals surface area contributed by atoms with Crippen LogP contribution >= 0.6 is 33.9 Å². The summed E-state index contributed by atoms with van der Waals surface area (Å²) in [5, 5.41) is 10.2. The minimum Gasteiger partial charge on any atom is -0.396 e. The smallest absolute Gasteiger partial charge is 0.123 e. The highest BCUT2D eigenvalue weighted by Crippen LogP contribution is 2.35. The van der Waals surface area contributed by atoms with E-state index in [4.69, 9.17) is 4.74 Å². The lowest BCUT2D eigenvalue weighted by molar-refractivity contribution is -0.0457. The number of aliphatic hydroxyl groups is 1. The van der Waals surface area contributed by atoms with E-state index in [0.717, 1.165) is 24.5 Å². The maximum atomic E-state index is 9.22. The number of aromatic nitrogens is 1. The molecule has 3 nitrogen and oxygen atoms in total. The van der Waals surface area contributed by atoms with E-state index in [9.17, 15) is 5.11 Å². The number of thiazole rings is 1. The summed E-state index contributed by atoms with van der Waals surface area (Å²) < 4.78 is 6.84. The topological polar surface area (TPSA) is 42.4 Å². The van der Waals surface area contributed by atoms with Crippen molar-refractivity contribution >= 4 is 33.9 Å². The molecule has 1 aliphatic rings. The predicted molar refractivity (Wildman–Crippen MR) is 63.3 cm³/mol. The standard InChI is InChI=1S/C9H12INO2S/c10-7-4-11-9(14-7)8-6(5-12)2-1-3-13-8/h4,6,8,12H,1-3,5H2. The summed E-state index contributed by atoms with van der Waals surface area (Å²) in [6.07, 6.45) is 3.95. The SMILES string of the molecule is OCC1CCCOC1c1ncc(I)s1. The predicted octanol–water partition coefficient (Wildman–Crippen LogP) is 2.21. The summed E-state index contributed by atoms with van der Waals surface area (Å²) in [5.74, 6) is 0.227. The lowest BCUT2D eigenvalue weighted by Crippen LogP contribution is -2.25. The quantitative estimate of drug-likeness (QED) is 0.848. The van der Waals surface area contributed by atoms with Gasteiger partial charge in [-0.1, -0.05) is 0 Å². The van der Waals surface area contributed by atoms with Gasteiger partial charge >= 0.3 is 0 Å². The summed E-state index contributed by atoms with van der Waals surface area (Å²) in [6.45, 7) is 0.984. The number of ether oxygens (including phenoxy) is 1. The molecule has 0 spiro atoms. The van der Waals surface area contributed by atoms with Crippen molar-refractivity contribution in [3.63, 3.8) is 0 Å². The van der Waals surface area contributed by atoms with E-state index in [1.165, 1.54) is 2.88 Å². The van der Waals surface area contributed by atoms with Crippen LogP contribution in [0.2, 0.25) is 0 Å². The Bertz CT molecular complexity index is 305. The molecular weight excluding hydrogens is 313 g/mol. The largest absolute Gasteiger partial charge is 0.396 e. The van der Waals surface area contributed by atoms with Gasteiger partial charge in [0, 0.05) is 19.1 Å². The Kier molecular flexibility index (Phi) is 3.75. The third-order valence-electron chi connectivity index (χ3n) is 2.42. The molecule has 14 heavy (non-hydrogen) atoms. The van der Waals surface area contributed by atoms with Gasteiger partial charge in [-0.05, 0) is 35.4 Å². The van der Waals surface area contributed by atoms with Gasteiger partial charge in [-0.2, -0.15) is 0 Å². The molecule has 0 bridgehead atoms. The first-order chi connectivity index (χ1) is 6.81. The second-order valence-corrected chi connectivity index (χ2v) is 6.34. The Balaban J connectivity index is 2.14. The van der Waals surface area contributed by atoms with Crippen LogP contribution in [0.4, 0.5) is 0 Å². The molecule has 0 aliphatic carbocycles. The molecule has 1 aliphatic heterocycles. The van der Waals surface area contributed by atoms with Crippen LogP contribution in [0.25, 0.3) is 0 Å². The fraction of sp³-hybridized carbons (Fsp3) is 0.667. The number of nitrogens with zero attached hydrogens (tertiary/aromatic N) is 1. The summed E-state index contributed by atoms with van der Waals surface area (Å²) in [6, 6.07) is 0. The van der Waals surface area contributed by atoms with E-state index in [0.29, 0.717) is 0 Å². The molecule has 0 amide bonds. The van der Waals surface area contributed by atoms with Gasteiger partial charge in [-0.15, -0.1) is 11.3 Å².